The Morgan fingerprint density at radius 2 is 2.00 bits per heavy atom. The third-order valence-corrected chi connectivity index (χ3v) is 3.26. The lowest BCUT2D eigenvalue weighted by Crippen LogP contribution is -2.18. The maximum Gasteiger partial charge on any atom is 0.240 e. The van der Waals surface area contributed by atoms with Crippen molar-refractivity contribution in [2.45, 2.75) is 11.4 Å². The van der Waals surface area contributed by atoms with E-state index in [1.807, 2.05) is 0 Å². The molecule has 15 heavy (non-hydrogen) atoms. The molecular formula is C8H11N4O2S+. The predicted octanol–water partition coefficient (Wildman–Crippen LogP) is 0.645. The first-order valence-corrected chi connectivity index (χ1v) is 5.64. The molecule has 0 radical (unpaired) electrons. The van der Waals surface area contributed by atoms with E-state index in [-0.39, 0.29) is 11.4 Å². The standard InChI is InChI=1S/C8H11N4O2S/c1-10-15(13,14)8-4-2-7(3-5-8)6-11-12-9/h2-5,9-10H,6H2,1H3/q+1. The monoisotopic (exact) mass is 227 g/mol. The van der Waals surface area contributed by atoms with Gasteiger partial charge in [-0.3, -0.25) is 0 Å². The number of hydrogen-bond donors (Lipinski definition) is 2. The van der Waals surface area contributed by atoms with Gasteiger partial charge in [0.1, 0.15) is 17.2 Å². The smallest absolute Gasteiger partial charge is 0.214 e. The molecule has 0 saturated heterocycles. The quantitative estimate of drug-likeness (QED) is 0.583. The van der Waals surface area contributed by atoms with Crippen LogP contribution in [0.3, 0.4) is 0 Å². The molecule has 0 aromatic heterocycles. The summed E-state index contributed by atoms with van der Waals surface area (Å²) in [5.74, 6) is 0. The van der Waals surface area contributed by atoms with Gasteiger partial charge < -0.3 is 0 Å². The first-order valence-electron chi connectivity index (χ1n) is 4.16. The number of sulfonamides is 1. The van der Waals surface area contributed by atoms with Crippen molar-refractivity contribution >= 4 is 10.0 Å². The zero-order valence-corrected chi connectivity index (χ0v) is 8.95. The molecule has 80 valence electrons. The van der Waals surface area contributed by atoms with Crippen LogP contribution >= 0.6 is 0 Å². The number of rotatable bonds is 4. The molecule has 0 saturated carbocycles. The summed E-state index contributed by atoms with van der Waals surface area (Å²) in [6, 6.07) is 6.25. The van der Waals surface area contributed by atoms with Crippen molar-refractivity contribution in [3.8, 4) is 0 Å². The Bertz CT molecular complexity index is 474. The van der Waals surface area contributed by atoms with Gasteiger partial charge in [0.05, 0.1) is 4.90 Å². The minimum absolute atomic E-state index is 0.205. The van der Waals surface area contributed by atoms with Gasteiger partial charge in [-0.15, -0.1) is 0 Å². The highest BCUT2D eigenvalue weighted by atomic mass is 32.2. The molecule has 0 unspecified atom stereocenters. The number of nitrogens with one attached hydrogen (secondary N) is 2. The van der Waals surface area contributed by atoms with Crippen molar-refractivity contribution in [1.82, 2.24) is 9.63 Å². The zero-order valence-electron chi connectivity index (χ0n) is 8.14. The highest BCUT2D eigenvalue weighted by Crippen LogP contribution is 2.10. The molecule has 1 rings (SSSR count). The lowest BCUT2D eigenvalue weighted by molar-refractivity contribution is 0.588. The first-order chi connectivity index (χ1) is 7.10. The van der Waals surface area contributed by atoms with E-state index < -0.39 is 10.0 Å². The highest BCUT2D eigenvalue weighted by Gasteiger charge is 2.10. The first kappa shape index (κ1) is 11.5. The van der Waals surface area contributed by atoms with Crippen LogP contribution in [0.2, 0.25) is 0 Å². The molecule has 0 fully saturated rings. The molecule has 0 atom stereocenters. The molecular weight excluding hydrogens is 216 g/mol. The molecule has 0 bridgehead atoms. The van der Waals surface area contributed by atoms with E-state index in [9.17, 15) is 8.42 Å². The third kappa shape index (κ3) is 2.95. The van der Waals surface area contributed by atoms with Gasteiger partial charge in [0, 0.05) is 0 Å². The molecule has 1 aromatic rings. The molecule has 0 aliphatic heterocycles. The van der Waals surface area contributed by atoms with Gasteiger partial charge in [0.2, 0.25) is 14.9 Å². The van der Waals surface area contributed by atoms with Crippen molar-refractivity contribution in [3.63, 3.8) is 0 Å². The molecule has 2 N–H and O–H groups in total. The normalized spacial score (nSPS) is 10.7. The van der Waals surface area contributed by atoms with Gasteiger partial charge >= 0.3 is 0 Å². The van der Waals surface area contributed by atoms with E-state index in [1.54, 1.807) is 12.1 Å². The van der Waals surface area contributed by atoms with Gasteiger partial charge in [-0.25, -0.2) is 13.1 Å². The molecule has 0 aliphatic carbocycles. The topological polar surface area (TPSA) is 96.5 Å². The van der Waals surface area contributed by atoms with Crippen molar-refractivity contribution in [3.05, 3.63) is 29.8 Å². The van der Waals surface area contributed by atoms with Crippen LogP contribution < -0.4 is 9.63 Å². The summed E-state index contributed by atoms with van der Waals surface area (Å²) in [6.45, 7) is 0.281. The van der Waals surface area contributed by atoms with E-state index in [0.29, 0.717) is 0 Å². The summed E-state index contributed by atoms with van der Waals surface area (Å²) in [4.78, 5) is 3.07. The average molecular weight is 227 g/mol. The zero-order chi connectivity index (χ0) is 11.3. The van der Waals surface area contributed by atoms with Gasteiger partial charge in [0.15, 0.2) is 0 Å². The Balaban J connectivity index is 2.95. The Morgan fingerprint density at radius 3 is 2.47 bits per heavy atom. The lowest BCUT2D eigenvalue weighted by atomic mass is 10.2. The van der Waals surface area contributed by atoms with Gasteiger partial charge in [-0.1, -0.05) is 12.1 Å². The van der Waals surface area contributed by atoms with Crippen molar-refractivity contribution in [2.24, 2.45) is 5.11 Å². The molecule has 0 amide bonds. The Kier molecular flexibility index (Phi) is 3.68. The Labute approximate surface area is 87.6 Å². The summed E-state index contributed by atoms with van der Waals surface area (Å²) in [7, 11) is -2.02. The van der Waals surface area contributed by atoms with Crippen molar-refractivity contribution in [2.75, 3.05) is 7.05 Å². The van der Waals surface area contributed by atoms with Gasteiger partial charge in [-0.05, 0) is 24.7 Å². The van der Waals surface area contributed by atoms with Crippen molar-refractivity contribution in [1.29, 1.82) is 5.53 Å². The minimum atomic E-state index is -3.38. The Hall–Kier alpha value is -1.56. The summed E-state index contributed by atoms with van der Waals surface area (Å²) in [5.41, 5.74) is 7.28. The SMILES string of the molecule is CNS(=O)(=O)c1ccc(CN=[N+]=N)cc1. The van der Waals surface area contributed by atoms with Gasteiger partial charge in [0.25, 0.3) is 0 Å². The summed E-state index contributed by atoms with van der Waals surface area (Å²) in [6.07, 6.45) is 0. The second-order valence-electron chi connectivity index (χ2n) is 2.75. The molecule has 0 aliphatic rings. The number of nitrogens with zero attached hydrogens (tertiary/aromatic N) is 2. The second kappa shape index (κ2) is 4.79. The molecule has 7 heteroatoms. The van der Waals surface area contributed by atoms with Crippen LogP contribution in [0, 0.1) is 5.53 Å². The van der Waals surface area contributed by atoms with Crippen LogP contribution in [0.5, 0.6) is 0 Å². The van der Waals surface area contributed by atoms with Crippen LogP contribution in [0.25, 0.3) is 0 Å². The van der Waals surface area contributed by atoms with E-state index in [4.69, 9.17) is 5.53 Å². The lowest BCUT2D eigenvalue weighted by Gasteiger charge is -2.01. The van der Waals surface area contributed by atoms with Crippen LogP contribution in [-0.2, 0) is 16.6 Å². The van der Waals surface area contributed by atoms with Crippen LogP contribution in [-0.4, -0.2) is 15.5 Å². The van der Waals surface area contributed by atoms with Gasteiger partial charge in [-0.2, -0.15) is 0 Å². The number of benzene rings is 1. The Morgan fingerprint density at radius 1 is 1.40 bits per heavy atom. The average Bonchev–Trinajstić information content (AvgIpc) is 2.27. The fourth-order valence-corrected chi connectivity index (χ4v) is 1.74. The summed E-state index contributed by atoms with van der Waals surface area (Å²) >= 11 is 0. The molecule has 0 heterocycles. The van der Waals surface area contributed by atoms with Crippen LogP contribution in [0.15, 0.2) is 34.3 Å². The predicted molar refractivity (Wildman–Crippen MR) is 53.7 cm³/mol. The van der Waals surface area contributed by atoms with Crippen LogP contribution in [0.4, 0.5) is 0 Å². The van der Waals surface area contributed by atoms with E-state index >= 15 is 0 Å². The maximum absolute atomic E-state index is 11.3. The fraction of sp³-hybridized carbons (Fsp3) is 0.250. The summed E-state index contributed by atoms with van der Waals surface area (Å²) in [5, 5.41) is 3.48. The molecule has 6 nitrogen and oxygen atoms in total. The second-order valence-corrected chi connectivity index (χ2v) is 4.64. The minimum Gasteiger partial charge on any atom is -0.214 e. The highest BCUT2D eigenvalue weighted by molar-refractivity contribution is 7.89. The largest absolute Gasteiger partial charge is 0.240 e. The molecule has 0 spiro atoms. The number of hydrogen-bond acceptors (Lipinski definition) is 4. The van der Waals surface area contributed by atoms with E-state index in [2.05, 4.69) is 14.7 Å². The molecule has 1 aromatic carbocycles. The van der Waals surface area contributed by atoms with Crippen molar-refractivity contribution < 1.29 is 8.42 Å². The van der Waals surface area contributed by atoms with Crippen LogP contribution in [0.1, 0.15) is 5.56 Å². The third-order valence-electron chi connectivity index (χ3n) is 1.83. The summed E-state index contributed by atoms with van der Waals surface area (Å²) < 4.78 is 24.9. The fourth-order valence-electron chi connectivity index (χ4n) is 1.01. The van der Waals surface area contributed by atoms with E-state index in [0.717, 1.165) is 5.56 Å². The maximum atomic E-state index is 11.3. The van der Waals surface area contributed by atoms with E-state index in [1.165, 1.54) is 19.2 Å².